The highest BCUT2D eigenvalue weighted by Gasteiger charge is 2.30. The molecule has 0 aliphatic carbocycles. The molecule has 0 spiro atoms. The Morgan fingerprint density at radius 2 is 1.74 bits per heavy atom. The molecule has 0 bridgehead atoms. The van der Waals surface area contributed by atoms with Crippen LogP contribution in [0, 0.1) is 0 Å². The number of nitrogens with zero attached hydrogens (tertiary/aromatic N) is 4. The molecule has 0 unspecified atom stereocenters. The Morgan fingerprint density at radius 1 is 1.00 bits per heavy atom. The molecular formula is C29H24N6O2S. The molecule has 1 aliphatic heterocycles. The smallest absolute Gasteiger partial charge is 0.290 e. The van der Waals surface area contributed by atoms with E-state index in [2.05, 4.69) is 15.5 Å². The number of pyridine rings is 1. The van der Waals surface area contributed by atoms with E-state index in [0.717, 1.165) is 33.1 Å². The van der Waals surface area contributed by atoms with Gasteiger partial charge in [0.15, 0.2) is 5.17 Å². The van der Waals surface area contributed by atoms with Crippen molar-refractivity contribution < 1.29 is 9.59 Å². The number of anilines is 2. The van der Waals surface area contributed by atoms with Gasteiger partial charge in [0, 0.05) is 41.6 Å². The summed E-state index contributed by atoms with van der Waals surface area (Å²) in [5.41, 5.74) is 8.03. The molecule has 0 saturated carbocycles. The first-order valence-electron chi connectivity index (χ1n) is 12.1. The molecule has 188 valence electrons. The van der Waals surface area contributed by atoms with Crippen molar-refractivity contribution in [3.05, 3.63) is 90.6 Å². The highest BCUT2D eigenvalue weighted by Crippen LogP contribution is 2.33. The maximum atomic E-state index is 13.3. The number of para-hydroxylation sites is 2. The van der Waals surface area contributed by atoms with Gasteiger partial charge in [-0.3, -0.25) is 14.5 Å². The Balaban J connectivity index is 1.40. The number of aromatic amines is 1. The third kappa shape index (κ3) is 4.26. The number of nitrogens with one attached hydrogen (secondary N) is 2. The first-order chi connectivity index (χ1) is 18.5. The fraction of sp³-hybridized carbons (Fsp3) is 0.103. The summed E-state index contributed by atoms with van der Waals surface area (Å²) in [5, 5.41) is 6.62. The Bertz CT molecular complexity index is 1710. The maximum Gasteiger partial charge on any atom is 0.290 e. The summed E-state index contributed by atoms with van der Waals surface area (Å²) in [6.45, 7) is 0. The molecule has 3 heterocycles. The summed E-state index contributed by atoms with van der Waals surface area (Å²) in [6, 6.07) is 27.1. The molecule has 1 saturated heterocycles. The Labute approximate surface area is 223 Å². The van der Waals surface area contributed by atoms with E-state index in [4.69, 9.17) is 4.98 Å². The van der Waals surface area contributed by atoms with Crippen molar-refractivity contribution >= 4 is 61.9 Å². The minimum atomic E-state index is -0.455. The molecular weight excluding hydrogens is 496 g/mol. The number of carbonyl (C=O) groups excluding carboxylic acids is 2. The molecule has 2 amide bonds. The Morgan fingerprint density at radius 3 is 2.50 bits per heavy atom. The van der Waals surface area contributed by atoms with E-state index in [-0.39, 0.29) is 17.4 Å². The second-order valence-corrected chi connectivity index (χ2v) is 10.0. The predicted octanol–water partition coefficient (Wildman–Crippen LogP) is 5.23. The maximum absolute atomic E-state index is 13.3. The fourth-order valence-electron chi connectivity index (χ4n) is 4.52. The summed E-state index contributed by atoms with van der Waals surface area (Å²) < 4.78 is 0. The van der Waals surface area contributed by atoms with E-state index >= 15 is 0 Å². The molecule has 2 aromatic heterocycles. The molecule has 8 nitrogen and oxygen atoms in total. The minimum absolute atomic E-state index is 0.0870. The second-order valence-electron chi connectivity index (χ2n) is 9.08. The molecule has 9 heteroatoms. The number of fused-ring (bicyclic) bond motifs is 3. The van der Waals surface area contributed by atoms with Crippen molar-refractivity contribution in [1.29, 1.82) is 0 Å². The van der Waals surface area contributed by atoms with Gasteiger partial charge in [0.1, 0.15) is 5.69 Å². The second kappa shape index (κ2) is 9.68. The van der Waals surface area contributed by atoms with Crippen LogP contribution in [0.2, 0.25) is 0 Å². The third-order valence-electron chi connectivity index (χ3n) is 6.42. The van der Waals surface area contributed by atoms with Crippen LogP contribution in [0.5, 0.6) is 0 Å². The lowest BCUT2D eigenvalue weighted by Gasteiger charge is -2.15. The summed E-state index contributed by atoms with van der Waals surface area (Å²) >= 11 is 1.28. The number of hydrazone groups is 1. The number of benzene rings is 3. The van der Waals surface area contributed by atoms with Gasteiger partial charge in [0.25, 0.3) is 5.91 Å². The van der Waals surface area contributed by atoms with Gasteiger partial charge in [0.2, 0.25) is 5.91 Å². The van der Waals surface area contributed by atoms with Crippen LogP contribution in [0.15, 0.2) is 90.0 Å². The van der Waals surface area contributed by atoms with Crippen LogP contribution < -0.4 is 15.2 Å². The van der Waals surface area contributed by atoms with Gasteiger partial charge in [-0.15, -0.1) is 5.10 Å². The summed E-state index contributed by atoms with van der Waals surface area (Å²) in [4.78, 5) is 37.6. The molecule has 1 aliphatic rings. The largest absolute Gasteiger partial charge is 0.378 e. The highest BCUT2D eigenvalue weighted by atomic mass is 32.2. The van der Waals surface area contributed by atoms with E-state index in [1.165, 1.54) is 16.7 Å². The topological polar surface area (TPSA) is 93.7 Å². The van der Waals surface area contributed by atoms with Crippen LogP contribution in [-0.2, 0) is 4.79 Å². The first-order valence-corrected chi connectivity index (χ1v) is 13.1. The monoisotopic (exact) mass is 520 g/mol. The van der Waals surface area contributed by atoms with E-state index in [1.807, 2.05) is 97.9 Å². The Kier molecular flexibility index (Phi) is 6.05. The van der Waals surface area contributed by atoms with Gasteiger partial charge in [-0.05, 0) is 36.4 Å². The lowest BCUT2D eigenvalue weighted by molar-refractivity contribution is -0.115. The highest BCUT2D eigenvalue weighted by molar-refractivity contribution is 8.15. The number of carbonyl (C=O) groups is 2. The zero-order valence-electron chi connectivity index (χ0n) is 20.8. The van der Waals surface area contributed by atoms with Crippen molar-refractivity contribution in [1.82, 2.24) is 15.4 Å². The molecule has 5 aromatic rings. The Hall–Kier alpha value is -4.63. The number of rotatable bonds is 5. The molecule has 0 radical (unpaired) electrons. The summed E-state index contributed by atoms with van der Waals surface area (Å²) in [5.74, 6) is -0.282. The standard InChI is InChI=1S/C29H24N6O2S/c1-34(2)19-14-12-18(13-15-19)26-27-22(21-10-6-7-11-23(21)30-27)16-24(31-26)28(37)32-33-29-35(25(36)17-38-29)20-8-4-3-5-9-20/h3-16,30H,17H2,1-2H3,(H,32,37)/b33-29-. The average Bonchev–Trinajstić information content (AvgIpc) is 3.51. The van der Waals surface area contributed by atoms with Gasteiger partial charge in [-0.2, -0.15) is 0 Å². The number of amidine groups is 1. The normalized spacial score (nSPS) is 14.5. The molecule has 3 aromatic carbocycles. The number of H-pyrrole nitrogens is 1. The lowest BCUT2D eigenvalue weighted by Crippen LogP contribution is -2.31. The van der Waals surface area contributed by atoms with Crippen molar-refractivity contribution in [2.75, 3.05) is 29.6 Å². The van der Waals surface area contributed by atoms with Crippen LogP contribution in [-0.4, -0.2) is 46.8 Å². The predicted molar refractivity (Wildman–Crippen MR) is 155 cm³/mol. The number of hydrogen-bond acceptors (Lipinski definition) is 6. The van der Waals surface area contributed by atoms with Crippen LogP contribution in [0.4, 0.5) is 11.4 Å². The number of aromatic nitrogens is 2. The zero-order valence-corrected chi connectivity index (χ0v) is 21.6. The quantitative estimate of drug-likeness (QED) is 0.310. The van der Waals surface area contributed by atoms with Gasteiger partial charge >= 0.3 is 0 Å². The van der Waals surface area contributed by atoms with E-state index in [0.29, 0.717) is 16.5 Å². The van der Waals surface area contributed by atoms with Crippen molar-refractivity contribution in [2.24, 2.45) is 5.10 Å². The van der Waals surface area contributed by atoms with Crippen LogP contribution >= 0.6 is 11.8 Å². The van der Waals surface area contributed by atoms with Crippen molar-refractivity contribution in [3.8, 4) is 11.3 Å². The molecule has 38 heavy (non-hydrogen) atoms. The van der Waals surface area contributed by atoms with Crippen LogP contribution in [0.1, 0.15) is 10.5 Å². The first kappa shape index (κ1) is 23.7. The van der Waals surface area contributed by atoms with Crippen LogP contribution in [0.3, 0.4) is 0 Å². The summed E-state index contributed by atoms with van der Waals surface area (Å²) in [7, 11) is 3.98. The zero-order chi connectivity index (χ0) is 26.2. The SMILES string of the molecule is CN(C)c1ccc(-c2nc(C(=O)N/N=C3\SCC(=O)N3c3ccccc3)cc3c2[nH]c2ccccc23)cc1. The van der Waals surface area contributed by atoms with Gasteiger partial charge in [-0.25, -0.2) is 10.4 Å². The van der Waals surface area contributed by atoms with Crippen molar-refractivity contribution in [2.45, 2.75) is 0 Å². The average molecular weight is 521 g/mol. The van der Waals surface area contributed by atoms with E-state index in [9.17, 15) is 9.59 Å². The molecule has 2 N–H and O–H groups in total. The molecule has 0 atom stereocenters. The molecule has 6 rings (SSSR count). The third-order valence-corrected chi connectivity index (χ3v) is 7.34. The van der Waals surface area contributed by atoms with E-state index in [1.54, 1.807) is 6.07 Å². The van der Waals surface area contributed by atoms with Crippen LogP contribution in [0.25, 0.3) is 33.1 Å². The number of amides is 2. The lowest BCUT2D eigenvalue weighted by atomic mass is 10.1. The minimum Gasteiger partial charge on any atom is -0.378 e. The van der Waals surface area contributed by atoms with Crippen molar-refractivity contribution in [3.63, 3.8) is 0 Å². The fourth-order valence-corrected chi connectivity index (χ4v) is 5.35. The number of hydrogen-bond donors (Lipinski definition) is 2. The molecule has 1 fully saturated rings. The van der Waals surface area contributed by atoms with Gasteiger partial charge in [0.05, 0.1) is 22.7 Å². The summed E-state index contributed by atoms with van der Waals surface area (Å²) in [6.07, 6.45) is 0. The van der Waals surface area contributed by atoms with E-state index < -0.39 is 5.91 Å². The van der Waals surface area contributed by atoms with Gasteiger partial charge in [-0.1, -0.05) is 60.3 Å². The van der Waals surface area contributed by atoms with Gasteiger partial charge < -0.3 is 9.88 Å². The number of thioether (sulfide) groups is 1.